The molecular weight excluding hydrogens is 422 g/mol. The summed E-state index contributed by atoms with van der Waals surface area (Å²) in [5.41, 5.74) is 0. The van der Waals surface area contributed by atoms with Crippen LogP contribution < -0.4 is 0 Å². The topological polar surface area (TPSA) is 57.6 Å². The van der Waals surface area contributed by atoms with Gasteiger partial charge in [0.25, 0.3) is 0 Å². The Balaban J connectivity index is 5.33. The van der Waals surface area contributed by atoms with Crippen molar-refractivity contribution in [3.63, 3.8) is 0 Å². The number of unbranched alkanes of at least 4 members (excludes halogenated alkanes) is 8. The van der Waals surface area contributed by atoms with E-state index in [-0.39, 0.29) is 12.3 Å². The summed E-state index contributed by atoms with van der Waals surface area (Å²) < 4.78 is 0. The minimum atomic E-state index is -0.890. The van der Waals surface area contributed by atoms with E-state index in [2.05, 4.69) is 40.7 Å². The number of nitrogens with zero attached hydrogens (tertiary/aromatic N) is 1. The molecule has 3 atom stereocenters. The summed E-state index contributed by atoms with van der Waals surface area (Å²) in [4.78, 5) is 27.3. The average molecular weight is 480 g/mol. The number of rotatable bonds is 23. The summed E-state index contributed by atoms with van der Waals surface area (Å²) in [6.45, 7) is 12.6. The van der Waals surface area contributed by atoms with Crippen molar-refractivity contribution in [2.24, 2.45) is 17.8 Å². The Labute approximate surface area is 212 Å². The zero-order chi connectivity index (χ0) is 25.6. The van der Waals surface area contributed by atoms with Crippen LogP contribution in [-0.2, 0) is 9.59 Å². The monoisotopic (exact) mass is 479 g/mol. The normalized spacial score (nSPS) is 14.3. The number of carboxylic acid groups (broad SMARTS) is 1. The third-order valence-corrected chi connectivity index (χ3v) is 7.16. The van der Waals surface area contributed by atoms with Gasteiger partial charge >= 0.3 is 5.97 Å². The van der Waals surface area contributed by atoms with E-state index in [0.717, 1.165) is 51.6 Å². The van der Waals surface area contributed by atoms with Crippen molar-refractivity contribution >= 4 is 11.9 Å². The molecule has 0 bridgehead atoms. The van der Waals surface area contributed by atoms with E-state index >= 15 is 0 Å². The van der Waals surface area contributed by atoms with Gasteiger partial charge in [-0.2, -0.15) is 0 Å². The molecule has 0 aliphatic carbocycles. The number of carbonyl (C=O) groups is 2. The van der Waals surface area contributed by atoms with E-state index in [1.54, 1.807) is 0 Å². The van der Waals surface area contributed by atoms with Gasteiger partial charge in [-0.05, 0) is 37.5 Å². The molecule has 1 amide bonds. The van der Waals surface area contributed by atoms with Crippen molar-refractivity contribution in [3.8, 4) is 0 Å². The van der Waals surface area contributed by atoms with Crippen LogP contribution >= 0.6 is 0 Å². The van der Waals surface area contributed by atoms with Gasteiger partial charge in [0.1, 0.15) is 0 Å². The number of allylic oxidation sites excluding steroid dienone is 1. The molecule has 4 nitrogen and oxygen atoms in total. The van der Waals surface area contributed by atoms with Crippen molar-refractivity contribution in [2.75, 3.05) is 13.1 Å². The van der Waals surface area contributed by atoms with Crippen LogP contribution in [0.15, 0.2) is 12.2 Å². The Morgan fingerprint density at radius 3 is 1.71 bits per heavy atom. The lowest BCUT2D eigenvalue weighted by atomic mass is 9.93. The Bertz CT molecular complexity index is 513. The molecule has 0 aromatic rings. The molecule has 0 aromatic heterocycles. The highest BCUT2D eigenvalue weighted by atomic mass is 16.4. The third-order valence-electron chi connectivity index (χ3n) is 7.16. The van der Waals surface area contributed by atoms with Gasteiger partial charge in [0.2, 0.25) is 5.91 Å². The molecule has 34 heavy (non-hydrogen) atoms. The molecule has 1 N–H and O–H groups in total. The maximum absolute atomic E-state index is 13.7. The van der Waals surface area contributed by atoms with Crippen LogP contribution in [0.2, 0.25) is 0 Å². The number of carbonyl (C=O) groups excluding carboxylic acids is 1. The van der Waals surface area contributed by atoms with Crippen LogP contribution in [0.3, 0.4) is 0 Å². The standard InChI is InChI=1S/C30H57NO3/c1-6-11-14-15-16-17-18-19-22-28(23-29(32)33)30(34)31(24-26(9-4)20-12-7-2)25-27(10-5)21-13-8-3/h19,22,26-28H,6-18,20-21,23-25H2,1-5H3,(H,32,33)/b22-19-. The van der Waals surface area contributed by atoms with Crippen LogP contribution in [0.1, 0.15) is 137 Å². The number of carboxylic acids is 1. The molecule has 0 rings (SSSR count). The first-order valence-corrected chi connectivity index (χ1v) is 14.6. The largest absolute Gasteiger partial charge is 0.481 e. The summed E-state index contributed by atoms with van der Waals surface area (Å²) in [7, 11) is 0. The second-order valence-electron chi connectivity index (χ2n) is 10.3. The van der Waals surface area contributed by atoms with E-state index in [1.807, 2.05) is 11.0 Å². The molecule has 0 aliphatic heterocycles. The van der Waals surface area contributed by atoms with Crippen LogP contribution in [0.5, 0.6) is 0 Å². The highest BCUT2D eigenvalue weighted by Gasteiger charge is 2.27. The molecule has 0 saturated carbocycles. The fraction of sp³-hybridized carbons (Fsp3) is 0.867. The number of aliphatic carboxylic acids is 1. The average Bonchev–Trinajstić information content (AvgIpc) is 2.83. The van der Waals surface area contributed by atoms with Gasteiger partial charge in [-0.1, -0.05) is 117 Å². The van der Waals surface area contributed by atoms with Crippen molar-refractivity contribution < 1.29 is 14.7 Å². The SMILES string of the molecule is CCCCCCCC/C=C\C(CC(=O)O)C(=O)N(CC(CC)CCCC)CC(CC)CCCC. The second kappa shape index (κ2) is 22.2. The lowest BCUT2D eigenvalue weighted by molar-refractivity contribution is -0.143. The minimum absolute atomic E-state index is 0.0199. The predicted molar refractivity (Wildman–Crippen MR) is 146 cm³/mol. The van der Waals surface area contributed by atoms with Crippen LogP contribution in [0.25, 0.3) is 0 Å². The van der Waals surface area contributed by atoms with Crippen molar-refractivity contribution in [2.45, 2.75) is 137 Å². The van der Waals surface area contributed by atoms with Gasteiger partial charge in [-0.15, -0.1) is 0 Å². The molecule has 0 heterocycles. The number of hydrogen-bond acceptors (Lipinski definition) is 2. The fourth-order valence-corrected chi connectivity index (χ4v) is 4.68. The van der Waals surface area contributed by atoms with Crippen LogP contribution in [0.4, 0.5) is 0 Å². The number of amides is 1. The lowest BCUT2D eigenvalue weighted by Gasteiger charge is -2.32. The van der Waals surface area contributed by atoms with Crippen molar-refractivity contribution in [3.05, 3.63) is 12.2 Å². The predicted octanol–water partition coefficient (Wildman–Crippen LogP) is 8.65. The molecule has 200 valence electrons. The Morgan fingerprint density at radius 2 is 1.24 bits per heavy atom. The van der Waals surface area contributed by atoms with Gasteiger partial charge in [-0.25, -0.2) is 0 Å². The van der Waals surface area contributed by atoms with E-state index < -0.39 is 11.9 Å². The number of hydrogen-bond donors (Lipinski definition) is 1. The smallest absolute Gasteiger partial charge is 0.304 e. The molecule has 0 saturated heterocycles. The third kappa shape index (κ3) is 16.3. The zero-order valence-corrected chi connectivity index (χ0v) is 23.3. The lowest BCUT2D eigenvalue weighted by Crippen LogP contribution is -2.42. The van der Waals surface area contributed by atoms with Crippen LogP contribution in [-0.4, -0.2) is 35.0 Å². The summed E-state index contributed by atoms with van der Waals surface area (Å²) in [6.07, 6.45) is 21.3. The van der Waals surface area contributed by atoms with Gasteiger partial charge in [0, 0.05) is 13.1 Å². The van der Waals surface area contributed by atoms with Gasteiger partial charge in [-0.3, -0.25) is 9.59 Å². The molecular formula is C30H57NO3. The summed E-state index contributed by atoms with van der Waals surface area (Å²) in [5.74, 6) is -0.440. The first-order chi connectivity index (χ1) is 16.4. The van der Waals surface area contributed by atoms with E-state index in [4.69, 9.17) is 0 Å². The maximum atomic E-state index is 13.7. The Morgan fingerprint density at radius 1 is 0.735 bits per heavy atom. The van der Waals surface area contributed by atoms with Crippen LogP contribution in [0, 0.1) is 17.8 Å². The first-order valence-electron chi connectivity index (χ1n) is 14.6. The molecule has 0 fully saturated rings. The van der Waals surface area contributed by atoms with E-state index in [0.29, 0.717) is 11.8 Å². The summed E-state index contributed by atoms with van der Waals surface area (Å²) in [6, 6.07) is 0. The second-order valence-corrected chi connectivity index (χ2v) is 10.3. The fourth-order valence-electron chi connectivity index (χ4n) is 4.68. The highest BCUT2D eigenvalue weighted by molar-refractivity contribution is 5.84. The minimum Gasteiger partial charge on any atom is -0.481 e. The summed E-state index contributed by atoms with van der Waals surface area (Å²) >= 11 is 0. The molecule has 0 spiro atoms. The Kier molecular flexibility index (Phi) is 21.3. The highest BCUT2D eigenvalue weighted by Crippen LogP contribution is 2.22. The van der Waals surface area contributed by atoms with Gasteiger partial charge < -0.3 is 10.0 Å². The maximum Gasteiger partial charge on any atom is 0.304 e. The van der Waals surface area contributed by atoms with Crippen molar-refractivity contribution in [1.29, 1.82) is 0 Å². The van der Waals surface area contributed by atoms with Gasteiger partial charge in [0.15, 0.2) is 0 Å². The molecule has 4 heteroatoms. The quantitative estimate of drug-likeness (QED) is 0.118. The summed E-state index contributed by atoms with van der Waals surface area (Å²) in [5, 5.41) is 9.52. The zero-order valence-electron chi connectivity index (χ0n) is 23.3. The molecule has 0 aromatic carbocycles. The first kappa shape index (κ1) is 32.7. The Hall–Kier alpha value is -1.32. The van der Waals surface area contributed by atoms with Gasteiger partial charge in [0.05, 0.1) is 12.3 Å². The molecule has 0 aliphatic rings. The van der Waals surface area contributed by atoms with Crippen molar-refractivity contribution in [1.82, 2.24) is 4.90 Å². The molecule has 3 unspecified atom stereocenters. The van der Waals surface area contributed by atoms with E-state index in [1.165, 1.54) is 57.8 Å². The molecule has 0 radical (unpaired) electrons. The van der Waals surface area contributed by atoms with E-state index in [9.17, 15) is 14.7 Å².